The Bertz CT molecular complexity index is 465. The Labute approximate surface area is 126 Å². The van der Waals surface area contributed by atoms with E-state index in [1.165, 1.54) is 0 Å². The largest absolute Gasteiger partial charge is 0.382 e. The van der Waals surface area contributed by atoms with Crippen LogP contribution in [-0.4, -0.2) is 43.6 Å². The summed E-state index contributed by atoms with van der Waals surface area (Å²) in [6.45, 7) is 5.14. The van der Waals surface area contributed by atoms with E-state index in [0.29, 0.717) is 17.3 Å². The van der Waals surface area contributed by atoms with Gasteiger partial charge in [0.05, 0.1) is 4.92 Å². The summed E-state index contributed by atoms with van der Waals surface area (Å²) in [6.07, 6.45) is 0.957. The van der Waals surface area contributed by atoms with Gasteiger partial charge in [0.25, 0.3) is 0 Å². The monoisotopic (exact) mass is 294 g/mol. The van der Waals surface area contributed by atoms with Gasteiger partial charge in [-0.25, -0.2) is 0 Å². The van der Waals surface area contributed by atoms with Crippen LogP contribution >= 0.6 is 0 Å². The van der Waals surface area contributed by atoms with Crippen molar-refractivity contribution in [2.75, 3.05) is 38.3 Å². The van der Waals surface area contributed by atoms with Crippen LogP contribution in [0.2, 0.25) is 0 Å². The number of nitro groups is 1. The summed E-state index contributed by atoms with van der Waals surface area (Å²) in [5.74, 6) is 0.522. The average Bonchev–Trinajstić information content (AvgIpc) is 2.36. The van der Waals surface area contributed by atoms with Crippen LogP contribution in [0.4, 0.5) is 17.1 Å². The van der Waals surface area contributed by atoms with E-state index in [0.717, 1.165) is 13.0 Å². The van der Waals surface area contributed by atoms with Crippen LogP contribution in [0.15, 0.2) is 18.2 Å². The third kappa shape index (κ3) is 5.23. The highest BCUT2D eigenvalue weighted by Gasteiger charge is 2.21. The van der Waals surface area contributed by atoms with Crippen molar-refractivity contribution >= 4 is 17.1 Å². The highest BCUT2D eigenvalue weighted by molar-refractivity contribution is 5.76. The Morgan fingerprint density at radius 1 is 1.29 bits per heavy atom. The Hall–Kier alpha value is -1.82. The van der Waals surface area contributed by atoms with Crippen molar-refractivity contribution in [3.63, 3.8) is 0 Å². The molecule has 0 heterocycles. The first-order valence-corrected chi connectivity index (χ1v) is 7.21. The molecule has 1 unspecified atom stereocenters. The van der Waals surface area contributed by atoms with E-state index in [1.54, 1.807) is 19.2 Å². The van der Waals surface area contributed by atoms with Gasteiger partial charge >= 0.3 is 5.69 Å². The van der Waals surface area contributed by atoms with Crippen molar-refractivity contribution < 1.29 is 4.92 Å². The molecule has 1 rings (SSSR count). The molecule has 0 aliphatic carbocycles. The van der Waals surface area contributed by atoms with Crippen LogP contribution in [0.25, 0.3) is 0 Å². The van der Waals surface area contributed by atoms with Gasteiger partial charge in [-0.2, -0.15) is 0 Å². The van der Waals surface area contributed by atoms with Crippen molar-refractivity contribution in [1.29, 1.82) is 0 Å². The maximum absolute atomic E-state index is 11.3. The molecule has 0 spiro atoms. The van der Waals surface area contributed by atoms with Crippen molar-refractivity contribution in [3.8, 4) is 0 Å². The predicted octanol–water partition coefficient (Wildman–Crippen LogP) is 3.02. The van der Waals surface area contributed by atoms with Crippen LogP contribution in [0, 0.1) is 16.0 Å². The molecule has 1 atom stereocenters. The Balaban J connectivity index is 3.04. The number of rotatable bonds is 8. The molecular weight excluding hydrogens is 268 g/mol. The number of para-hydroxylation sites is 1. The molecule has 0 saturated heterocycles. The molecule has 21 heavy (non-hydrogen) atoms. The lowest BCUT2D eigenvalue weighted by molar-refractivity contribution is -0.383. The van der Waals surface area contributed by atoms with E-state index in [1.807, 2.05) is 20.2 Å². The molecule has 6 nitrogen and oxygen atoms in total. The standard InChI is InChI=1S/C15H26N4O2/c1-11(2)9-12(10-18(4)5)17-14-8-6-7-13(16-3)15(14)19(20)21/h6-8,11-12,16-17H,9-10H2,1-5H3. The zero-order valence-corrected chi connectivity index (χ0v) is 13.5. The van der Waals surface area contributed by atoms with Crippen LogP contribution in [0.5, 0.6) is 0 Å². The second-order valence-electron chi connectivity index (χ2n) is 5.94. The van der Waals surface area contributed by atoms with Gasteiger partial charge in [-0.05, 0) is 38.6 Å². The molecule has 0 fully saturated rings. The fraction of sp³-hybridized carbons (Fsp3) is 0.600. The molecule has 0 amide bonds. The lowest BCUT2D eigenvalue weighted by Crippen LogP contribution is -2.33. The average molecular weight is 294 g/mol. The third-order valence-corrected chi connectivity index (χ3v) is 3.19. The lowest BCUT2D eigenvalue weighted by Gasteiger charge is -2.25. The van der Waals surface area contributed by atoms with Crippen molar-refractivity contribution in [2.45, 2.75) is 26.3 Å². The van der Waals surface area contributed by atoms with Crippen molar-refractivity contribution in [1.82, 2.24) is 4.90 Å². The first-order chi connectivity index (χ1) is 9.85. The fourth-order valence-electron chi connectivity index (χ4n) is 2.47. The number of likely N-dealkylation sites (N-methyl/N-ethyl adjacent to an activating group) is 1. The molecule has 0 aliphatic rings. The van der Waals surface area contributed by atoms with Crippen LogP contribution in [0.3, 0.4) is 0 Å². The second-order valence-corrected chi connectivity index (χ2v) is 5.94. The molecule has 6 heteroatoms. The highest BCUT2D eigenvalue weighted by Crippen LogP contribution is 2.33. The molecule has 0 bridgehead atoms. The minimum Gasteiger partial charge on any atom is -0.382 e. The van der Waals surface area contributed by atoms with E-state index in [9.17, 15) is 10.1 Å². The smallest absolute Gasteiger partial charge is 0.315 e. The number of hydrogen-bond donors (Lipinski definition) is 2. The summed E-state index contributed by atoms with van der Waals surface area (Å²) < 4.78 is 0. The van der Waals surface area contributed by atoms with Gasteiger partial charge in [-0.3, -0.25) is 10.1 Å². The lowest BCUT2D eigenvalue weighted by atomic mass is 10.0. The summed E-state index contributed by atoms with van der Waals surface area (Å²) in [5, 5.41) is 17.6. The van der Waals surface area contributed by atoms with Crippen molar-refractivity contribution in [2.24, 2.45) is 5.92 Å². The Kier molecular flexibility index (Phi) is 6.42. The molecule has 0 radical (unpaired) electrons. The second kappa shape index (κ2) is 7.83. The number of hydrogen-bond acceptors (Lipinski definition) is 5. The maximum atomic E-state index is 11.3. The van der Waals surface area contributed by atoms with E-state index < -0.39 is 0 Å². The van der Waals surface area contributed by atoms with Gasteiger partial charge in [0.1, 0.15) is 11.4 Å². The number of nitrogens with one attached hydrogen (secondary N) is 2. The summed E-state index contributed by atoms with van der Waals surface area (Å²) in [6, 6.07) is 5.48. The molecular formula is C15H26N4O2. The zero-order chi connectivity index (χ0) is 16.0. The molecule has 0 aromatic heterocycles. The quantitative estimate of drug-likeness (QED) is 0.569. The predicted molar refractivity (Wildman–Crippen MR) is 88.1 cm³/mol. The van der Waals surface area contributed by atoms with Crippen molar-refractivity contribution in [3.05, 3.63) is 28.3 Å². The number of nitrogens with zero attached hydrogens (tertiary/aromatic N) is 2. The highest BCUT2D eigenvalue weighted by atomic mass is 16.6. The zero-order valence-electron chi connectivity index (χ0n) is 13.5. The topological polar surface area (TPSA) is 70.4 Å². The summed E-state index contributed by atoms with van der Waals surface area (Å²) in [7, 11) is 5.71. The molecule has 1 aromatic carbocycles. The minimum absolute atomic E-state index is 0.104. The van der Waals surface area contributed by atoms with Gasteiger partial charge < -0.3 is 15.5 Å². The van der Waals surface area contributed by atoms with E-state index >= 15 is 0 Å². The summed E-state index contributed by atoms with van der Waals surface area (Å²) in [4.78, 5) is 13.1. The van der Waals surface area contributed by atoms with Gasteiger partial charge in [0.15, 0.2) is 0 Å². The number of nitro benzene ring substituents is 1. The van der Waals surface area contributed by atoms with Gasteiger partial charge in [-0.1, -0.05) is 19.9 Å². The third-order valence-electron chi connectivity index (χ3n) is 3.19. The van der Waals surface area contributed by atoms with Gasteiger partial charge in [0, 0.05) is 19.6 Å². The first kappa shape index (κ1) is 17.2. The number of anilines is 2. The summed E-state index contributed by atoms with van der Waals surface area (Å²) in [5.41, 5.74) is 1.20. The van der Waals surface area contributed by atoms with Crippen LogP contribution in [-0.2, 0) is 0 Å². The van der Waals surface area contributed by atoms with Gasteiger partial charge in [-0.15, -0.1) is 0 Å². The normalized spacial score (nSPS) is 12.5. The SMILES string of the molecule is CNc1cccc(NC(CC(C)C)CN(C)C)c1[N+](=O)[O-]. The first-order valence-electron chi connectivity index (χ1n) is 7.21. The molecule has 118 valence electrons. The Morgan fingerprint density at radius 2 is 1.90 bits per heavy atom. The van der Waals surface area contributed by atoms with Gasteiger partial charge in [0.2, 0.25) is 0 Å². The van der Waals surface area contributed by atoms with E-state index in [4.69, 9.17) is 0 Å². The molecule has 0 saturated carbocycles. The minimum atomic E-state index is -0.337. The summed E-state index contributed by atoms with van der Waals surface area (Å²) >= 11 is 0. The van der Waals surface area contributed by atoms with Crippen LogP contribution < -0.4 is 10.6 Å². The molecule has 2 N–H and O–H groups in total. The van der Waals surface area contributed by atoms with E-state index in [2.05, 4.69) is 29.4 Å². The van der Waals surface area contributed by atoms with Crippen LogP contribution in [0.1, 0.15) is 20.3 Å². The fourth-order valence-corrected chi connectivity index (χ4v) is 2.47. The molecule has 0 aliphatic heterocycles. The maximum Gasteiger partial charge on any atom is 0.315 e. The number of benzene rings is 1. The Morgan fingerprint density at radius 3 is 2.38 bits per heavy atom. The van der Waals surface area contributed by atoms with E-state index in [-0.39, 0.29) is 16.7 Å². The molecule has 1 aromatic rings.